The number of sulfonamides is 1. The van der Waals surface area contributed by atoms with Crippen molar-refractivity contribution in [3.8, 4) is 11.4 Å². The van der Waals surface area contributed by atoms with Gasteiger partial charge in [-0.2, -0.15) is 4.98 Å². The van der Waals surface area contributed by atoms with Crippen LogP contribution in [0, 0.1) is 0 Å². The van der Waals surface area contributed by atoms with E-state index in [0.29, 0.717) is 28.1 Å². The first kappa shape index (κ1) is 23.5. The molecule has 10 heteroatoms. The van der Waals surface area contributed by atoms with Crippen LogP contribution in [0.15, 0.2) is 88.3 Å². The summed E-state index contributed by atoms with van der Waals surface area (Å²) < 4.78 is 32.4. The summed E-state index contributed by atoms with van der Waals surface area (Å²) >= 11 is 5.89. The Morgan fingerprint density at radius 1 is 1.03 bits per heavy atom. The van der Waals surface area contributed by atoms with Gasteiger partial charge in [-0.3, -0.25) is 9.10 Å². The molecule has 1 N–H and O–H groups in total. The van der Waals surface area contributed by atoms with Gasteiger partial charge >= 0.3 is 0 Å². The Kier molecular flexibility index (Phi) is 6.95. The first-order valence-corrected chi connectivity index (χ1v) is 12.2. The molecule has 0 unspecified atom stereocenters. The van der Waals surface area contributed by atoms with Crippen molar-refractivity contribution in [2.24, 2.45) is 0 Å². The number of carbonyl (C=O) groups is 1. The molecule has 0 radical (unpaired) electrons. The van der Waals surface area contributed by atoms with Gasteiger partial charge in [0.1, 0.15) is 0 Å². The Hall–Kier alpha value is -3.69. The van der Waals surface area contributed by atoms with Crippen molar-refractivity contribution in [2.45, 2.75) is 17.7 Å². The van der Waals surface area contributed by atoms with Crippen LogP contribution in [0.1, 0.15) is 12.3 Å². The van der Waals surface area contributed by atoms with Gasteiger partial charge in [-0.15, -0.1) is 0 Å². The third kappa shape index (κ3) is 5.44. The average Bonchev–Trinajstić information content (AvgIpc) is 3.32. The van der Waals surface area contributed by atoms with Crippen LogP contribution in [-0.4, -0.2) is 31.5 Å². The number of aromatic nitrogens is 2. The highest BCUT2D eigenvalue weighted by molar-refractivity contribution is 7.92. The zero-order valence-electron chi connectivity index (χ0n) is 18.2. The van der Waals surface area contributed by atoms with E-state index in [4.69, 9.17) is 16.1 Å². The van der Waals surface area contributed by atoms with Gasteiger partial charge in [0.05, 0.1) is 10.6 Å². The Balaban J connectivity index is 1.39. The molecule has 0 fully saturated rings. The Morgan fingerprint density at radius 2 is 1.76 bits per heavy atom. The van der Waals surface area contributed by atoms with Gasteiger partial charge < -0.3 is 9.84 Å². The number of nitrogens with zero attached hydrogens (tertiary/aromatic N) is 3. The number of halogens is 1. The molecule has 0 aliphatic heterocycles. The molecule has 4 rings (SSSR count). The van der Waals surface area contributed by atoms with Gasteiger partial charge in [0.25, 0.3) is 10.0 Å². The van der Waals surface area contributed by atoms with E-state index in [1.807, 2.05) is 6.07 Å². The third-order valence-electron chi connectivity index (χ3n) is 5.03. The van der Waals surface area contributed by atoms with E-state index in [9.17, 15) is 13.2 Å². The van der Waals surface area contributed by atoms with Crippen LogP contribution in [0.3, 0.4) is 0 Å². The predicted octanol–water partition coefficient (Wildman–Crippen LogP) is 4.79. The number of carbonyl (C=O) groups excluding carboxylic acids is 1. The van der Waals surface area contributed by atoms with Gasteiger partial charge in [0, 0.05) is 36.2 Å². The van der Waals surface area contributed by atoms with Gasteiger partial charge in [-0.1, -0.05) is 41.0 Å². The second kappa shape index (κ2) is 10.1. The molecule has 0 bridgehead atoms. The van der Waals surface area contributed by atoms with E-state index in [0.717, 1.165) is 5.56 Å². The smallest absolute Gasteiger partial charge is 0.264 e. The summed E-state index contributed by atoms with van der Waals surface area (Å²) in [5, 5.41) is 7.25. The zero-order valence-corrected chi connectivity index (χ0v) is 19.8. The summed E-state index contributed by atoms with van der Waals surface area (Å²) in [6.07, 6.45) is 0.324. The molecule has 0 atom stereocenters. The van der Waals surface area contributed by atoms with Crippen molar-refractivity contribution in [1.82, 2.24) is 10.1 Å². The summed E-state index contributed by atoms with van der Waals surface area (Å²) in [5.74, 6) is 0.422. The molecule has 8 nitrogen and oxygen atoms in total. The van der Waals surface area contributed by atoms with Crippen LogP contribution in [0.2, 0.25) is 5.02 Å². The molecule has 1 aromatic heterocycles. The maximum absolute atomic E-state index is 13.0. The van der Waals surface area contributed by atoms with Crippen LogP contribution in [0.25, 0.3) is 11.4 Å². The van der Waals surface area contributed by atoms with E-state index >= 15 is 0 Å². The normalized spacial score (nSPS) is 11.2. The fourth-order valence-electron chi connectivity index (χ4n) is 3.19. The number of para-hydroxylation sites is 1. The maximum atomic E-state index is 13.0. The van der Waals surface area contributed by atoms with Crippen molar-refractivity contribution in [3.05, 3.63) is 89.8 Å². The van der Waals surface area contributed by atoms with Gasteiger partial charge in [-0.25, -0.2) is 8.42 Å². The average molecular weight is 497 g/mol. The van der Waals surface area contributed by atoms with Crippen molar-refractivity contribution in [1.29, 1.82) is 0 Å². The third-order valence-corrected chi connectivity index (χ3v) is 7.07. The lowest BCUT2D eigenvalue weighted by Gasteiger charge is -2.19. The molecule has 0 saturated carbocycles. The zero-order chi connectivity index (χ0) is 24.1. The Labute approximate surface area is 202 Å². The second-order valence-corrected chi connectivity index (χ2v) is 9.81. The fourth-order valence-corrected chi connectivity index (χ4v) is 4.55. The van der Waals surface area contributed by atoms with Crippen molar-refractivity contribution < 1.29 is 17.7 Å². The molecule has 174 valence electrons. The lowest BCUT2D eigenvalue weighted by molar-refractivity contribution is -0.116. The van der Waals surface area contributed by atoms with E-state index in [1.54, 1.807) is 60.7 Å². The summed E-state index contributed by atoms with van der Waals surface area (Å²) in [7, 11) is -2.31. The highest BCUT2D eigenvalue weighted by Crippen LogP contribution is 2.24. The monoisotopic (exact) mass is 496 g/mol. The van der Waals surface area contributed by atoms with Gasteiger partial charge in [0.2, 0.25) is 17.6 Å². The van der Waals surface area contributed by atoms with Crippen LogP contribution >= 0.6 is 11.6 Å². The molecule has 3 aromatic carbocycles. The Bertz CT molecular complexity index is 1390. The summed E-state index contributed by atoms with van der Waals surface area (Å²) in [6, 6.07) is 21.9. The number of amides is 1. The van der Waals surface area contributed by atoms with Crippen molar-refractivity contribution >= 4 is 38.9 Å². The van der Waals surface area contributed by atoms with Crippen LogP contribution in [0.5, 0.6) is 0 Å². The number of rotatable bonds is 8. The Morgan fingerprint density at radius 3 is 2.50 bits per heavy atom. The van der Waals surface area contributed by atoms with E-state index in [-0.39, 0.29) is 23.6 Å². The lowest BCUT2D eigenvalue weighted by Crippen LogP contribution is -2.26. The molecule has 0 aliphatic carbocycles. The molecular formula is C24H21ClN4O4S. The predicted molar refractivity (Wildman–Crippen MR) is 130 cm³/mol. The molecule has 4 aromatic rings. The molecule has 0 saturated heterocycles. The fraction of sp³-hybridized carbons (Fsp3) is 0.125. The van der Waals surface area contributed by atoms with E-state index in [2.05, 4.69) is 15.5 Å². The number of nitrogens with one attached hydrogen (secondary N) is 1. The summed E-state index contributed by atoms with van der Waals surface area (Å²) in [4.78, 5) is 16.8. The number of hydrogen-bond acceptors (Lipinski definition) is 6. The first-order chi connectivity index (χ1) is 16.3. The van der Waals surface area contributed by atoms with Gasteiger partial charge in [0.15, 0.2) is 0 Å². The van der Waals surface area contributed by atoms with Crippen LogP contribution < -0.4 is 9.62 Å². The SMILES string of the molecule is CN(c1ccccc1)S(=O)(=O)c1cccc(NC(=O)CCc2nc(-c3ccc(Cl)cc3)no2)c1. The minimum atomic E-state index is -3.79. The van der Waals surface area contributed by atoms with Gasteiger partial charge in [-0.05, 0) is 54.6 Å². The quantitative estimate of drug-likeness (QED) is 0.376. The molecule has 1 heterocycles. The topological polar surface area (TPSA) is 105 Å². The largest absolute Gasteiger partial charge is 0.339 e. The van der Waals surface area contributed by atoms with E-state index < -0.39 is 10.0 Å². The number of aryl methyl sites for hydroxylation is 1. The number of benzene rings is 3. The van der Waals surface area contributed by atoms with Crippen LogP contribution in [-0.2, 0) is 21.2 Å². The lowest BCUT2D eigenvalue weighted by atomic mass is 10.2. The minimum Gasteiger partial charge on any atom is -0.339 e. The molecular weight excluding hydrogens is 476 g/mol. The summed E-state index contributed by atoms with van der Waals surface area (Å²) in [6.45, 7) is 0. The second-order valence-electron chi connectivity index (χ2n) is 7.40. The number of anilines is 2. The van der Waals surface area contributed by atoms with Crippen LogP contribution in [0.4, 0.5) is 11.4 Å². The highest BCUT2D eigenvalue weighted by Gasteiger charge is 2.21. The summed E-state index contributed by atoms with van der Waals surface area (Å²) in [5.41, 5.74) is 1.66. The van der Waals surface area contributed by atoms with Crippen molar-refractivity contribution in [2.75, 3.05) is 16.7 Å². The van der Waals surface area contributed by atoms with Crippen molar-refractivity contribution in [3.63, 3.8) is 0 Å². The molecule has 34 heavy (non-hydrogen) atoms. The minimum absolute atomic E-state index is 0.0705. The highest BCUT2D eigenvalue weighted by atomic mass is 35.5. The maximum Gasteiger partial charge on any atom is 0.264 e. The first-order valence-electron chi connectivity index (χ1n) is 10.4. The standard InChI is InChI=1S/C24H21ClN4O4S/c1-29(20-7-3-2-4-8-20)34(31,32)21-9-5-6-19(16-21)26-22(30)14-15-23-27-24(28-33-23)17-10-12-18(25)13-11-17/h2-13,16H,14-15H2,1H3,(H,26,30). The van der Waals surface area contributed by atoms with E-state index in [1.165, 1.54) is 23.5 Å². The molecule has 1 amide bonds. The molecule has 0 spiro atoms. The number of hydrogen-bond donors (Lipinski definition) is 1. The molecule has 0 aliphatic rings.